The summed E-state index contributed by atoms with van der Waals surface area (Å²) >= 11 is 0. The number of benzene rings is 1. The van der Waals surface area contributed by atoms with Crippen LogP contribution >= 0.6 is 0 Å². The monoisotopic (exact) mass is 310 g/mol. The zero-order valence-electron chi connectivity index (χ0n) is 12.9. The number of aromatic nitrogens is 1. The van der Waals surface area contributed by atoms with Gasteiger partial charge in [-0.2, -0.15) is 0 Å². The maximum absolute atomic E-state index is 12.2. The maximum atomic E-state index is 12.2. The van der Waals surface area contributed by atoms with E-state index in [1.165, 1.54) is 0 Å². The van der Waals surface area contributed by atoms with E-state index in [4.69, 9.17) is 9.47 Å². The van der Waals surface area contributed by atoms with E-state index in [2.05, 4.69) is 22.1 Å². The van der Waals surface area contributed by atoms with Gasteiger partial charge >= 0.3 is 0 Å². The molecule has 0 bridgehead atoms. The van der Waals surface area contributed by atoms with Gasteiger partial charge in [0.1, 0.15) is 12.2 Å². The Hall–Kier alpha value is -2.84. The molecule has 0 saturated carbocycles. The molecule has 0 aliphatic rings. The van der Waals surface area contributed by atoms with E-state index in [0.29, 0.717) is 18.8 Å². The summed E-state index contributed by atoms with van der Waals surface area (Å²) in [5.41, 5.74) is 1.29. The molecular formula is C18H18N2O3. The van der Waals surface area contributed by atoms with Crippen LogP contribution < -0.4 is 10.1 Å². The van der Waals surface area contributed by atoms with Gasteiger partial charge < -0.3 is 14.8 Å². The molecule has 1 amide bonds. The molecule has 2 aromatic rings. The average molecular weight is 310 g/mol. The van der Waals surface area contributed by atoms with E-state index in [9.17, 15) is 4.79 Å². The molecule has 0 aliphatic carbocycles. The maximum Gasteiger partial charge on any atom is 0.257 e. The van der Waals surface area contributed by atoms with Gasteiger partial charge in [-0.05, 0) is 24.3 Å². The predicted octanol–water partition coefficient (Wildman–Crippen LogP) is 1.89. The van der Waals surface area contributed by atoms with Crippen LogP contribution in [0.15, 0.2) is 48.7 Å². The number of nitrogens with zero attached hydrogens (tertiary/aromatic N) is 1. The lowest BCUT2D eigenvalue weighted by Gasteiger charge is -2.09. The molecule has 1 N–H and O–H groups in total. The molecule has 118 valence electrons. The molecule has 2 rings (SSSR count). The van der Waals surface area contributed by atoms with Gasteiger partial charge in [-0.25, -0.2) is 4.98 Å². The van der Waals surface area contributed by atoms with Crippen molar-refractivity contribution >= 4 is 5.91 Å². The van der Waals surface area contributed by atoms with E-state index in [0.717, 1.165) is 5.56 Å². The number of nitrogens with one attached hydrogen (secondary N) is 1. The number of carbonyl (C=O) groups is 1. The first-order valence-corrected chi connectivity index (χ1v) is 7.20. The van der Waals surface area contributed by atoms with E-state index < -0.39 is 0 Å². The molecule has 1 heterocycles. The molecule has 0 unspecified atom stereocenters. The third-order valence-corrected chi connectivity index (χ3v) is 2.89. The molecule has 0 radical (unpaired) electrons. The summed E-state index contributed by atoms with van der Waals surface area (Å²) in [7, 11) is 1.58. The Morgan fingerprint density at radius 3 is 2.78 bits per heavy atom. The van der Waals surface area contributed by atoms with Gasteiger partial charge in [0.2, 0.25) is 5.88 Å². The first-order chi connectivity index (χ1) is 11.3. The highest BCUT2D eigenvalue weighted by molar-refractivity contribution is 5.96. The van der Waals surface area contributed by atoms with Crippen molar-refractivity contribution in [2.45, 2.75) is 0 Å². The Morgan fingerprint density at radius 2 is 2.00 bits per heavy atom. The molecule has 0 atom stereocenters. The summed E-state index contributed by atoms with van der Waals surface area (Å²) < 4.78 is 10.4. The van der Waals surface area contributed by atoms with E-state index in [1.54, 1.807) is 25.4 Å². The first-order valence-electron chi connectivity index (χ1n) is 7.20. The van der Waals surface area contributed by atoms with Crippen LogP contribution in [0, 0.1) is 11.8 Å². The highest BCUT2D eigenvalue weighted by Crippen LogP contribution is 2.13. The van der Waals surface area contributed by atoms with Gasteiger partial charge in [-0.15, -0.1) is 0 Å². The molecule has 1 aromatic heterocycles. The molecule has 0 saturated heterocycles. The fourth-order valence-corrected chi connectivity index (χ4v) is 1.79. The van der Waals surface area contributed by atoms with Crippen molar-refractivity contribution in [2.75, 3.05) is 26.9 Å². The van der Waals surface area contributed by atoms with Crippen molar-refractivity contribution in [3.05, 3.63) is 59.8 Å². The number of hydrogen-bond donors (Lipinski definition) is 1. The van der Waals surface area contributed by atoms with Crippen molar-refractivity contribution in [1.82, 2.24) is 10.3 Å². The Bertz CT molecular complexity index is 690. The van der Waals surface area contributed by atoms with Crippen LogP contribution in [-0.4, -0.2) is 37.8 Å². The minimum Gasteiger partial charge on any atom is -0.475 e. The summed E-state index contributed by atoms with van der Waals surface area (Å²) in [5, 5.41) is 2.74. The van der Waals surface area contributed by atoms with Gasteiger partial charge in [0.25, 0.3) is 5.91 Å². The van der Waals surface area contributed by atoms with Gasteiger partial charge in [-0.1, -0.05) is 30.0 Å². The van der Waals surface area contributed by atoms with Crippen LogP contribution in [0.2, 0.25) is 0 Å². The highest BCUT2D eigenvalue weighted by Gasteiger charge is 2.12. The summed E-state index contributed by atoms with van der Waals surface area (Å²) in [6.45, 7) is 1.02. The molecule has 5 nitrogen and oxygen atoms in total. The van der Waals surface area contributed by atoms with Gasteiger partial charge in [0, 0.05) is 18.9 Å². The van der Waals surface area contributed by atoms with Crippen LogP contribution in [0.4, 0.5) is 0 Å². The summed E-state index contributed by atoms with van der Waals surface area (Å²) in [4.78, 5) is 16.3. The molecule has 0 fully saturated rings. The third kappa shape index (κ3) is 5.46. The summed E-state index contributed by atoms with van der Waals surface area (Å²) in [6.07, 6.45) is 1.58. The zero-order chi connectivity index (χ0) is 16.3. The van der Waals surface area contributed by atoms with Gasteiger partial charge in [-0.3, -0.25) is 4.79 Å². The largest absolute Gasteiger partial charge is 0.475 e. The van der Waals surface area contributed by atoms with Crippen molar-refractivity contribution in [2.24, 2.45) is 0 Å². The quantitative estimate of drug-likeness (QED) is 0.654. The standard InChI is InChI=1S/C18H18N2O3/c1-22-13-14-23-18-16(10-6-12-20-18)17(21)19-11-5-9-15-7-3-2-4-8-15/h2-4,6-8,10,12H,11,13-14H2,1H3,(H,19,21). The van der Waals surface area contributed by atoms with Crippen molar-refractivity contribution in [3.8, 4) is 17.7 Å². The van der Waals surface area contributed by atoms with Crippen molar-refractivity contribution in [1.29, 1.82) is 0 Å². The molecule has 0 aliphatic heterocycles. The molecular weight excluding hydrogens is 292 g/mol. The van der Waals surface area contributed by atoms with Crippen LogP contribution in [0.1, 0.15) is 15.9 Å². The number of carbonyl (C=O) groups excluding carboxylic acids is 1. The summed E-state index contributed by atoms with van der Waals surface area (Å²) in [6, 6.07) is 12.9. The highest BCUT2D eigenvalue weighted by atomic mass is 16.5. The number of ether oxygens (including phenoxy) is 2. The number of methoxy groups -OCH3 is 1. The summed E-state index contributed by atoms with van der Waals surface area (Å²) in [5.74, 6) is 5.91. The number of hydrogen-bond acceptors (Lipinski definition) is 4. The Labute approximate surface area is 135 Å². The third-order valence-electron chi connectivity index (χ3n) is 2.89. The Balaban J connectivity index is 1.92. The molecule has 5 heteroatoms. The van der Waals surface area contributed by atoms with E-state index >= 15 is 0 Å². The Kier molecular flexibility index (Phi) is 6.64. The van der Waals surface area contributed by atoms with E-state index in [1.807, 2.05) is 30.3 Å². The van der Waals surface area contributed by atoms with Crippen LogP contribution in [0.3, 0.4) is 0 Å². The van der Waals surface area contributed by atoms with E-state index in [-0.39, 0.29) is 18.3 Å². The fourth-order valence-electron chi connectivity index (χ4n) is 1.79. The second-order valence-corrected chi connectivity index (χ2v) is 4.55. The second kappa shape index (κ2) is 9.23. The molecule has 0 spiro atoms. The number of pyridine rings is 1. The molecule has 1 aromatic carbocycles. The van der Waals surface area contributed by atoms with Gasteiger partial charge in [0.05, 0.1) is 13.2 Å². The van der Waals surface area contributed by atoms with Crippen LogP contribution in [-0.2, 0) is 4.74 Å². The minimum absolute atomic E-state index is 0.250. The van der Waals surface area contributed by atoms with Gasteiger partial charge in [0.15, 0.2) is 0 Å². The topological polar surface area (TPSA) is 60.5 Å². The predicted molar refractivity (Wildman–Crippen MR) is 87.3 cm³/mol. The first kappa shape index (κ1) is 16.5. The minimum atomic E-state index is -0.270. The van der Waals surface area contributed by atoms with Crippen LogP contribution in [0.5, 0.6) is 5.88 Å². The number of rotatable bonds is 6. The van der Waals surface area contributed by atoms with Crippen molar-refractivity contribution in [3.63, 3.8) is 0 Å². The second-order valence-electron chi connectivity index (χ2n) is 4.55. The number of amides is 1. The lowest BCUT2D eigenvalue weighted by atomic mass is 10.2. The lowest BCUT2D eigenvalue weighted by molar-refractivity contribution is 0.0949. The Morgan fingerprint density at radius 1 is 1.17 bits per heavy atom. The lowest BCUT2D eigenvalue weighted by Crippen LogP contribution is -2.24. The van der Waals surface area contributed by atoms with Crippen LogP contribution in [0.25, 0.3) is 0 Å². The molecule has 23 heavy (non-hydrogen) atoms. The fraction of sp³-hybridized carbons (Fsp3) is 0.222. The van der Waals surface area contributed by atoms with Crippen molar-refractivity contribution < 1.29 is 14.3 Å². The smallest absolute Gasteiger partial charge is 0.257 e. The SMILES string of the molecule is COCCOc1ncccc1C(=O)NCC#Cc1ccccc1. The normalized spacial score (nSPS) is 9.61. The zero-order valence-corrected chi connectivity index (χ0v) is 12.9. The average Bonchev–Trinajstić information content (AvgIpc) is 2.60.